The van der Waals surface area contributed by atoms with Crippen LogP contribution in [-0.4, -0.2) is 18.8 Å². The zero-order valence-corrected chi connectivity index (χ0v) is 12.4. The minimum absolute atomic E-state index is 0.132. The first-order valence-corrected chi connectivity index (χ1v) is 7.04. The van der Waals surface area contributed by atoms with Crippen LogP contribution in [0.25, 0.3) is 0 Å². The first-order chi connectivity index (χ1) is 10.8. The number of hydrogen-bond acceptors (Lipinski definition) is 2. The van der Waals surface area contributed by atoms with E-state index in [0.29, 0.717) is 6.54 Å². The molecule has 1 N–H and O–H groups in total. The van der Waals surface area contributed by atoms with Crippen molar-refractivity contribution in [3.63, 3.8) is 0 Å². The first-order valence-electron chi connectivity index (χ1n) is 7.04. The van der Waals surface area contributed by atoms with Crippen molar-refractivity contribution >= 4 is 5.91 Å². The molecule has 1 amide bonds. The predicted molar refractivity (Wildman–Crippen MR) is 80.3 cm³/mol. The summed E-state index contributed by atoms with van der Waals surface area (Å²) in [7, 11) is 0. The molecule has 3 nitrogen and oxygen atoms in total. The zero-order chi connectivity index (χ0) is 16.9. The molecule has 0 unspecified atom stereocenters. The van der Waals surface area contributed by atoms with E-state index in [-0.39, 0.29) is 23.1 Å². The lowest BCUT2D eigenvalue weighted by Crippen LogP contribution is -2.27. The van der Waals surface area contributed by atoms with E-state index in [1.165, 1.54) is 12.1 Å². The smallest absolute Gasteiger partial charge is 0.406 e. The van der Waals surface area contributed by atoms with Crippen LogP contribution in [0.1, 0.15) is 28.8 Å². The van der Waals surface area contributed by atoms with Crippen LogP contribution in [-0.2, 0) is 0 Å². The maximum absolute atomic E-state index is 12.1. The monoisotopic (exact) mass is 323 g/mol. The van der Waals surface area contributed by atoms with Crippen LogP contribution in [0.5, 0.6) is 5.75 Å². The van der Waals surface area contributed by atoms with Gasteiger partial charge in [0.1, 0.15) is 5.75 Å². The van der Waals surface area contributed by atoms with Crippen molar-refractivity contribution in [1.82, 2.24) is 5.32 Å². The number of benzene rings is 2. The van der Waals surface area contributed by atoms with Crippen molar-refractivity contribution in [3.05, 3.63) is 65.7 Å². The number of amides is 1. The second kappa shape index (κ2) is 7.17. The molecular weight excluding hydrogens is 307 g/mol. The Morgan fingerprint density at radius 1 is 1.09 bits per heavy atom. The van der Waals surface area contributed by atoms with Gasteiger partial charge in [0.2, 0.25) is 0 Å². The molecule has 0 fully saturated rings. The zero-order valence-electron chi connectivity index (χ0n) is 12.4. The third kappa shape index (κ3) is 5.32. The summed E-state index contributed by atoms with van der Waals surface area (Å²) >= 11 is 0. The number of carbonyl (C=O) groups is 1. The number of rotatable bonds is 5. The van der Waals surface area contributed by atoms with Gasteiger partial charge in [0.15, 0.2) is 0 Å². The number of carbonyl (C=O) groups excluding carboxylic acids is 1. The molecule has 0 heterocycles. The molecule has 122 valence electrons. The van der Waals surface area contributed by atoms with Crippen molar-refractivity contribution in [2.45, 2.75) is 19.2 Å². The predicted octanol–water partition coefficient (Wildman–Crippen LogP) is 4.12. The Balaban J connectivity index is 1.91. The number of hydrogen-bond donors (Lipinski definition) is 1. The lowest BCUT2D eigenvalue weighted by atomic mass is 10.0. The highest BCUT2D eigenvalue weighted by Gasteiger charge is 2.31. The summed E-state index contributed by atoms with van der Waals surface area (Å²) in [4.78, 5) is 12.0. The second-order valence-electron chi connectivity index (χ2n) is 5.09. The van der Waals surface area contributed by atoms with Gasteiger partial charge in [-0.15, -0.1) is 13.2 Å². The number of ether oxygens (including phenoxy) is 1. The Labute approximate surface area is 132 Å². The Hall–Kier alpha value is -2.50. The molecule has 0 bridgehead atoms. The van der Waals surface area contributed by atoms with Crippen molar-refractivity contribution in [1.29, 1.82) is 0 Å². The summed E-state index contributed by atoms with van der Waals surface area (Å²) in [6.45, 7) is 2.42. The van der Waals surface area contributed by atoms with E-state index < -0.39 is 6.36 Å². The lowest BCUT2D eigenvalue weighted by molar-refractivity contribution is -0.274. The van der Waals surface area contributed by atoms with Gasteiger partial charge in [0, 0.05) is 12.1 Å². The van der Waals surface area contributed by atoms with Gasteiger partial charge >= 0.3 is 6.36 Å². The largest absolute Gasteiger partial charge is 0.573 e. The summed E-state index contributed by atoms with van der Waals surface area (Å²) in [6, 6.07) is 14.5. The molecule has 2 aromatic carbocycles. The molecule has 23 heavy (non-hydrogen) atoms. The second-order valence-corrected chi connectivity index (χ2v) is 5.09. The molecule has 2 aromatic rings. The van der Waals surface area contributed by atoms with E-state index in [9.17, 15) is 18.0 Å². The average molecular weight is 323 g/mol. The standard InChI is InChI=1S/C17H16F3NO2/c1-12(13-5-3-2-4-6-13)11-21-16(22)14-7-9-15(10-8-14)23-17(18,19)20/h2-10,12H,11H2,1H3,(H,21,22)/t12-/m0/s1. The Morgan fingerprint density at radius 3 is 2.26 bits per heavy atom. The number of halogens is 3. The molecule has 0 spiro atoms. The summed E-state index contributed by atoms with van der Waals surface area (Å²) in [5.41, 5.74) is 1.38. The van der Waals surface area contributed by atoms with Gasteiger partial charge in [-0.3, -0.25) is 4.79 Å². The van der Waals surface area contributed by atoms with Gasteiger partial charge < -0.3 is 10.1 Å². The fourth-order valence-electron chi connectivity index (χ4n) is 2.06. The molecule has 0 radical (unpaired) electrons. The molecule has 6 heteroatoms. The summed E-state index contributed by atoms with van der Waals surface area (Å²) in [5.74, 6) is -0.564. The molecule has 0 saturated heterocycles. The Kier molecular flexibility index (Phi) is 5.26. The maximum Gasteiger partial charge on any atom is 0.573 e. The molecule has 0 saturated carbocycles. The normalized spacial score (nSPS) is 12.5. The van der Waals surface area contributed by atoms with Crippen LogP contribution in [0.3, 0.4) is 0 Å². The van der Waals surface area contributed by atoms with Gasteiger partial charge in [0.25, 0.3) is 5.91 Å². The molecule has 0 aliphatic heterocycles. The molecule has 1 atom stereocenters. The van der Waals surface area contributed by atoms with Gasteiger partial charge in [-0.25, -0.2) is 0 Å². The highest BCUT2D eigenvalue weighted by Crippen LogP contribution is 2.22. The highest BCUT2D eigenvalue weighted by atomic mass is 19.4. The Morgan fingerprint density at radius 2 is 1.70 bits per heavy atom. The van der Waals surface area contributed by atoms with Crippen molar-refractivity contribution in [2.24, 2.45) is 0 Å². The summed E-state index contributed by atoms with van der Waals surface area (Å²) in [6.07, 6.45) is -4.74. The minimum Gasteiger partial charge on any atom is -0.406 e. The lowest BCUT2D eigenvalue weighted by Gasteiger charge is -2.13. The third-order valence-electron chi connectivity index (χ3n) is 3.29. The topological polar surface area (TPSA) is 38.3 Å². The molecule has 0 aliphatic rings. The molecule has 0 aliphatic carbocycles. The van der Waals surface area contributed by atoms with Crippen LogP contribution in [0, 0.1) is 0 Å². The van der Waals surface area contributed by atoms with Crippen LogP contribution in [0.15, 0.2) is 54.6 Å². The Bertz CT molecular complexity index is 639. The van der Waals surface area contributed by atoms with Gasteiger partial charge in [-0.1, -0.05) is 37.3 Å². The van der Waals surface area contributed by atoms with Crippen LogP contribution >= 0.6 is 0 Å². The average Bonchev–Trinajstić information content (AvgIpc) is 2.52. The van der Waals surface area contributed by atoms with E-state index in [1.54, 1.807) is 0 Å². The van der Waals surface area contributed by atoms with E-state index in [4.69, 9.17) is 0 Å². The van der Waals surface area contributed by atoms with E-state index in [1.807, 2.05) is 37.3 Å². The van der Waals surface area contributed by atoms with E-state index >= 15 is 0 Å². The van der Waals surface area contributed by atoms with Crippen LogP contribution < -0.4 is 10.1 Å². The quantitative estimate of drug-likeness (QED) is 0.899. The van der Waals surface area contributed by atoms with Gasteiger partial charge in [-0.2, -0.15) is 0 Å². The van der Waals surface area contributed by atoms with Gasteiger partial charge in [-0.05, 0) is 35.7 Å². The van der Waals surface area contributed by atoms with Crippen LogP contribution in [0.2, 0.25) is 0 Å². The van der Waals surface area contributed by atoms with Crippen LogP contribution in [0.4, 0.5) is 13.2 Å². The first kappa shape index (κ1) is 16.9. The molecular formula is C17H16F3NO2. The van der Waals surface area contributed by atoms with Gasteiger partial charge in [0.05, 0.1) is 0 Å². The third-order valence-corrected chi connectivity index (χ3v) is 3.29. The van der Waals surface area contributed by atoms with E-state index in [2.05, 4.69) is 10.1 Å². The number of nitrogens with one attached hydrogen (secondary N) is 1. The summed E-state index contributed by atoms with van der Waals surface area (Å²) < 4.78 is 40.0. The minimum atomic E-state index is -4.74. The fraction of sp³-hybridized carbons (Fsp3) is 0.235. The van der Waals surface area contributed by atoms with E-state index in [0.717, 1.165) is 17.7 Å². The maximum atomic E-state index is 12.1. The number of alkyl halides is 3. The van der Waals surface area contributed by atoms with Crippen molar-refractivity contribution in [3.8, 4) is 5.75 Å². The van der Waals surface area contributed by atoms with Crippen molar-refractivity contribution < 1.29 is 22.7 Å². The molecule has 0 aromatic heterocycles. The van der Waals surface area contributed by atoms with Crippen molar-refractivity contribution in [2.75, 3.05) is 6.54 Å². The fourth-order valence-corrected chi connectivity index (χ4v) is 2.06. The SMILES string of the molecule is C[C@@H](CNC(=O)c1ccc(OC(F)(F)F)cc1)c1ccccc1. The molecule has 2 rings (SSSR count). The highest BCUT2D eigenvalue weighted by molar-refractivity contribution is 5.94. The summed E-state index contributed by atoms with van der Waals surface area (Å²) in [5, 5.41) is 2.76.